The Balaban J connectivity index is 0.000000191. The zero-order valence-electron chi connectivity index (χ0n) is 12.3. The standard InChI is InChI=1S/C7H16N2O.C6H14N2O/c1-10-6-5-9-4-2-3-7(9)8;1-2-8-4-3-5(9)6(8)7/h7H,2-6,8H2,1H3;5-6,9H,2-4,7H2,1H3. The van der Waals surface area contributed by atoms with Crippen LogP contribution in [0.5, 0.6) is 0 Å². The number of nitrogens with two attached hydrogens (primary N) is 2. The molecule has 0 aliphatic carbocycles. The van der Waals surface area contributed by atoms with Crippen molar-refractivity contribution in [3.05, 3.63) is 0 Å². The highest BCUT2D eigenvalue weighted by Gasteiger charge is 2.27. The first-order valence-corrected chi connectivity index (χ1v) is 7.26. The molecule has 114 valence electrons. The molecule has 2 heterocycles. The first-order chi connectivity index (χ1) is 9.10. The molecule has 2 fully saturated rings. The molecule has 6 nitrogen and oxygen atoms in total. The number of hydrogen-bond donors (Lipinski definition) is 3. The summed E-state index contributed by atoms with van der Waals surface area (Å²) in [5.74, 6) is 0. The van der Waals surface area contributed by atoms with E-state index in [0.717, 1.165) is 45.6 Å². The van der Waals surface area contributed by atoms with E-state index < -0.39 is 0 Å². The fourth-order valence-corrected chi connectivity index (χ4v) is 2.57. The molecule has 2 rings (SSSR count). The molecule has 0 bridgehead atoms. The molecule has 2 aliphatic rings. The predicted molar refractivity (Wildman–Crippen MR) is 76.5 cm³/mol. The molecule has 0 amide bonds. The lowest BCUT2D eigenvalue weighted by molar-refractivity contribution is 0.122. The molecule has 0 aromatic rings. The monoisotopic (exact) mass is 274 g/mol. The molecule has 0 aromatic heterocycles. The summed E-state index contributed by atoms with van der Waals surface area (Å²) in [5, 5.41) is 9.13. The first-order valence-electron chi connectivity index (χ1n) is 7.26. The summed E-state index contributed by atoms with van der Waals surface area (Å²) in [6.07, 6.45) is 3.08. The van der Waals surface area contributed by atoms with E-state index in [-0.39, 0.29) is 18.4 Å². The SMILES string of the molecule is CCN1CCC(O)C1N.COCCN1CCCC1N. The van der Waals surface area contributed by atoms with Gasteiger partial charge in [0.05, 0.1) is 25.0 Å². The van der Waals surface area contributed by atoms with Crippen LogP contribution in [0.25, 0.3) is 0 Å². The lowest BCUT2D eigenvalue weighted by atomic mass is 10.3. The Morgan fingerprint density at radius 1 is 1.21 bits per heavy atom. The van der Waals surface area contributed by atoms with Crippen LogP contribution in [0.1, 0.15) is 26.2 Å². The molecule has 5 N–H and O–H groups in total. The van der Waals surface area contributed by atoms with Crippen LogP contribution in [0.2, 0.25) is 0 Å². The van der Waals surface area contributed by atoms with Gasteiger partial charge in [-0.1, -0.05) is 6.92 Å². The lowest BCUT2D eigenvalue weighted by Gasteiger charge is -2.19. The molecule has 0 saturated carbocycles. The van der Waals surface area contributed by atoms with Gasteiger partial charge in [-0.3, -0.25) is 9.80 Å². The molecule has 3 unspecified atom stereocenters. The summed E-state index contributed by atoms with van der Waals surface area (Å²) in [5.41, 5.74) is 11.4. The van der Waals surface area contributed by atoms with E-state index in [9.17, 15) is 0 Å². The molecule has 6 heteroatoms. The highest BCUT2D eigenvalue weighted by Crippen LogP contribution is 2.12. The number of rotatable bonds is 4. The van der Waals surface area contributed by atoms with E-state index in [2.05, 4.69) is 16.7 Å². The second-order valence-electron chi connectivity index (χ2n) is 5.21. The van der Waals surface area contributed by atoms with Gasteiger partial charge in [-0.15, -0.1) is 0 Å². The lowest BCUT2D eigenvalue weighted by Crippen LogP contribution is -2.42. The van der Waals surface area contributed by atoms with Gasteiger partial charge in [0.1, 0.15) is 0 Å². The van der Waals surface area contributed by atoms with Crippen LogP contribution in [0, 0.1) is 0 Å². The van der Waals surface area contributed by atoms with Gasteiger partial charge in [0.2, 0.25) is 0 Å². The van der Waals surface area contributed by atoms with Gasteiger partial charge < -0.3 is 21.3 Å². The van der Waals surface area contributed by atoms with Gasteiger partial charge in [-0.2, -0.15) is 0 Å². The Labute approximate surface area is 116 Å². The minimum Gasteiger partial charge on any atom is -0.390 e. The van der Waals surface area contributed by atoms with Crippen molar-refractivity contribution in [3.8, 4) is 0 Å². The highest BCUT2D eigenvalue weighted by molar-refractivity contribution is 4.81. The minimum atomic E-state index is -0.301. The van der Waals surface area contributed by atoms with Crippen LogP contribution in [-0.2, 0) is 4.74 Å². The summed E-state index contributed by atoms with van der Waals surface area (Å²) in [6.45, 7) is 6.87. The predicted octanol–water partition coefficient (Wildman–Crippen LogP) is -0.629. The van der Waals surface area contributed by atoms with Crippen molar-refractivity contribution in [2.24, 2.45) is 11.5 Å². The normalized spacial score (nSPS) is 32.4. The number of aliphatic hydroxyl groups is 1. The molecule has 0 aromatic carbocycles. The number of likely N-dealkylation sites (tertiary alicyclic amines) is 2. The van der Waals surface area contributed by atoms with E-state index in [1.807, 2.05) is 0 Å². The number of nitrogens with zero attached hydrogens (tertiary/aromatic N) is 2. The Morgan fingerprint density at radius 2 is 1.95 bits per heavy atom. The molecule has 0 spiro atoms. The summed E-state index contributed by atoms with van der Waals surface area (Å²) in [4.78, 5) is 4.34. The van der Waals surface area contributed by atoms with Crippen molar-refractivity contribution in [3.63, 3.8) is 0 Å². The molecular formula is C13H30N4O2. The molecule has 0 radical (unpaired) electrons. The zero-order valence-corrected chi connectivity index (χ0v) is 12.3. The van der Waals surface area contributed by atoms with Gasteiger partial charge in [0.15, 0.2) is 0 Å². The molecular weight excluding hydrogens is 244 g/mol. The number of aliphatic hydroxyl groups excluding tert-OH is 1. The van der Waals surface area contributed by atoms with Crippen LogP contribution >= 0.6 is 0 Å². The quantitative estimate of drug-likeness (QED) is 0.633. The molecule has 3 atom stereocenters. The number of ether oxygens (including phenoxy) is 1. The van der Waals surface area contributed by atoms with E-state index >= 15 is 0 Å². The van der Waals surface area contributed by atoms with Crippen LogP contribution in [0.3, 0.4) is 0 Å². The van der Waals surface area contributed by atoms with Gasteiger partial charge in [0.25, 0.3) is 0 Å². The van der Waals surface area contributed by atoms with Crippen molar-refractivity contribution >= 4 is 0 Å². The topological polar surface area (TPSA) is 88.0 Å². The summed E-state index contributed by atoms with van der Waals surface area (Å²) in [7, 11) is 1.72. The van der Waals surface area contributed by atoms with Crippen molar-refractivity contribution in [1.29, 1.82) is 0 Å². The average Bonchev–Trinajstić information content (AvgIpc) is 2.95. The van der Waals surface area contributed by atoms with E-state index in [0.29, 0.717) is 0 Å². The Bertz CT molecular complexity index is 243. The van der Waals surface area contributed by atoms with Crippen LogP contribution in [-0.4, -0.2) is 73.2 Å². The Kier molecular flexibility index (Phi) is 7.82. The maximum Gasteiger partial charge on any atom is 0.0840 e. The van der Waals surface area contributed by atoms with E-state index in [1.165, 1.54) is 6.42 Å². The maximum absolute atomic E-state index is 9.13. The number of methoxy groups -OCH3 is 1. The summed E-state index contributed by atoms with van der Waals surface area (Å²) < 4.78 is 4.95. The zero-order chi connectivity index (χ0) is 14.3. The van der Waals surface area contributed by atoms with Gasteiger partial charge in [-0.05, 0) is 32.4 Å². The summed E-state index contributed by atoms with van der Waals surface area (Å²) in [6, 6.07) is 0. The van der Waals surface area contributed by atoms with Crippen LogP contribution in [0.4, 0.5) is 0 Å². The fraction of sp³-hybridized carbons (Fsp3) is 1.00. The third-order valence-electron chi connectivity index (χ3n) is 3.93. The third kappa shape index (κ3) is 5.33. The maximum atomic E-state index is 9.13. The first kappa shape index (κ1) is 16.8. The molecule has 19 heavy (non-hydrogen) atoms. The minimum absolute atomic E-state index is 0.116. The highest BCUT2D eigenvalue weighted by atomic mass is 16.5. The van der Waals surface area contributed by atoms with E-state index in [1.54, 1.807) is 7.11 Å². The van der Waals surface area contributed by atoms with Crippen molar-refractivity contribution in [1.82, 2.24) is 9.80 Å². The third-order valence-corrected chi connectivity index (χ3v) is 3.93. The van der Waals surface area contributed by atoms with Crippen LogP contribution in [0.15, 0.2) is 0 Å². The summed E-state index contributed by atoms with van der Waals surface area (Å²) >= 11 is 0. The molecule has 2 saturated heterocycles. The van der Waals surface area contributed by atoms with Crippen molar-refractivity contribution in [2.45, 2.75) is 44.6 Å². The fourth-order valence-electron chi connectivity index (χ4n) is 2.57. The van der Waals surface area contributed by atoms with Gasteiger partial charge in [0, 0.05) is 20.2 Å². The molecule has 2 aliphatic heterocycles. The Morgan fingerprint density at radius 3 is 2.32 bits per heavy atom. The second kappa shape index (κ2) is 8.84. The second-order valence-corrected chi connectivity index (χ2v) is 5.21. The van der Waals surface area contributed by atoms with Gasteiger partial charge in [-0.25, -0.2) is 0 Å². The average molecular weight is 274 g/mol. The smallest absolute Gasteiger partial charge is 0.0840 e. The van der Waals surface area contributed by atoms with Crippen molar-refractivity contribution in [2.75, 3.05) is 39.9 Å². The largest absolute Gasteiger partial charge is 0.390 e. The number of likely N-dealkylation sites (N-methyl/N-ethyl adjacent to an activating group) is 1. The Hall–Kier alpha value is -0.240. The van der Waals surface area contributed by atoms with Crippen LogP contribution < -0.4 is 11.5 Å². The number of hydrogen-bond acceptors (Lipinski definition) is 6. The van der Waals surface area contributed by atoms with E-state index in [4.69, 9.17) is 21.3 Å². The van der Waals surface area contributed by atoms with Gasteiger partial charge >= 0.3 is 0 Å². The van der Waals surface area contributed by atoms with Crippen molar-refractivity contribution < 1.29 is 9.84 Å².